The third kappa shape index (κ3) is 17.1. The van der Waals surface area contributed by atoms with Crippen molar-refractivity contribution in [3.8, 4) is 0 Å². The van der Waals surface area contributed by atoms with Crippen molar-refractivity contribution in [2.45, 2.75) is 96.3 Å². The first-order valence-electron chi connectivity index (χ1n) is 8.45. The molecule has 3 aliphatic carbocycles. The molecule has 3 aliphatic rings. The number of rotatable bonds is 0. The van der Waals surface area contributed by atoms with Crippen LogP contribution in [0, 0.1) is 19.3 Å². The van der Waals surface area contributed by atoms with E-state index in [2.05, 4.69) is 19.3 Å². The van der Waals surface area contributed by atoms with Crippen LogP contribution in [-0.4, -0.2) is 0 Å². The van der Waals surface area contributed by atoms with E-state index >= 15 is 0 Å². The summed E-state index contributed by atoms with van der Waals surface area (Å²) in [7, 11) is 0. The zero-order valence-corrected chi connectivity index (χ0v) is 16.3. The molecule has 3 rings (SSSR count). The van der Waals surface area contributed by atoms with Gasteiger partial charge in [0.15, 0.2) is 0 Å². The van der Waals surface area contributed by atoms with Gasteiger partial charge in [-0.1, -0.05) is 57.8 Å². The summed E-state index contributed by atoms with van der Waals surface area (Å²) < 4.78 is 0. The molecule has 0 aliphatic heterocycles. The summed E-state index contributed by atoms with van der Waals surface area (Å²) in [6.45, 7) is 0. The molecule has 0 N–H and O–H groups in total. The van der Waals surface area contributed by atoms with Crippen LogP contribution < -0.4 is 0 Å². The van der Waals surface area contributed by atoms with Crippen molar-refractivity contribution in [1.29, 1.82) is 0 Å². The van der Waals surface area contributed by atoms with E-state index in [0.29, 0.717) is 0 Å². The fraction of sp³-hybridized carbons (Fsp3) is 0.833. The Morgan fingerprint density at radius 3 is 0.600 bits per heavy atom. The SMILES string of the molecule is P.[CH-]1CCCCC1.[CH-]1CCCCC1.[CH-]1CCCCC1.[Pd]. The standard InChI is InChI=1S/3C6H11.H3P.Pd/c3*1-2-4-6-5-3-1;;/h3*1H,2-6H2;1H3;/q3*-1;;. The summed E-state index contributed by atoms with van der Waals surface area (Å²) in [5.74, 6) is 0. The molecule has 2 heteroatoms. The van der Waals surface area contributed by atoms with E-state index in [0.717, 1.165) is 0 Å². The molecule has 0 nitrogen and oxygen atoms in total. The first-order chi connectivity index (χ1) is 9.00. The molecule has 0 bridgehead atoms. The van der Waals surface area contributed by atoms with Gasteiger partial charge in [-0.3, -0.25) is 0 Å². The van der Waals surface area contributed by atoms with Gasteiger partial charge in [0, 0.05) is 20.4 Å². The molecular weight excluding hydrogens is 354 g/mol. The summed E-state index contributed by atoms with van der Waals surface area (Å²) in [6.07, 6.45) is 28.5. The molecule has 0 heterocycles. The van der Waals surface area contributed by atoms with Gasteiger partial charge in [0.2, 0.25) is 0 Å². The van der Waals surface area contributed by atoms with E-state index in [1.54, 1.807) is 0 Å². The van der Waals surface area contributed by atoms with Crippen molar-refractivity contribution in [2.75, 3.05) is 0 Å². The topological polar surface area (TPSA) is 0 Å². The molecular formula is C18H36PPd-3. The van der Waals surface area contributed by atoms with E-state index in [1.165, 1.54) is 96.3 Å². The minimum Gasteiger partial charge on any atom is -0.328 e. The molecule has 126 valence electrons. The first-order valence-corrected chi connectivity index (χ1v) is 8.45. The molecule has 0 amide bonds. The van der Waals surface area contributed by atoms with Gasteiger partial charge in [-0.05, 0) is 0 Å². The van der Waals surface area contributed by atoms with Gasteiger partial charge < -0.3 is 19.3 Å². The largest absolute Gasteiger partial charge is 0.328 e. The van der Waals surface area contributed by atoms with Crippen molar-refractivity contribution in [3.05, 3.63) is 19.3 Å². The van der Waals surface area contributed by atoms with Crippen LogP contribution in [0.3, 0.4) is 0 Å². The second-order valence-electron chi connectivity index (χ2n) is 5.78. The van der Waals surface area contributed by atoms with Crippen LogP contribution >= 0.6 is 9.90 Å². The summed E-state index contributed by atoms with van der Waals surface area (Å²) >= 11 is 0. The molecule has 1 atom stereocenters. The fourth-order valence-corrected chi connectivity index (χ4v) is 2.70. The molecule has 20 heavy (non-hydrogen) atoms. The van der Waals surface area contributed by atoms with Gasteiger partial charge in [0.05, 0.1) is 0 Å². The average molecular weight is 390 g/mol. The van der Waals surface area contributed by atoms with Gasteiger partial charge in [-0.25, -0.2) is 0 Å². The maximum absolute atomic E-state index is 2.39. The molecule has 3 saturated carbocycles. The summed E-state index contributed by atoms with van der Waals surface area (Å²) in [4.78, 5) is 0. The van der Waals surface area contributed by atoms with Crippen molar-refractivity contribution in [1.82, 2.24) is 0 Å². The Morgan fingerprint density at radius 1 is 0.350 bits per heavy atom. The second kappa shape index (κ2) is 20.1. The Balaban J connectivity index is 0. The van der Waals surface area contributed by atoms with Gasteiger partial charge in [-0.2, -0.15) is 48.4 Å². The average Bonchev–Trinajstić information content (AvgIpc) is 2.54. The molecule has 0 aromatic rings. The third-order valence-electron chi connectivity index (χ3n) is 3.95. The normalized spacial score (nSPS) is 21.6. The van der Waals surface area contributed by atoms with Crippen LogP contribution in [0.15, 0.2) is 0 Å². The van der Waals surface area contributed by atoms with Gasteiger partial charge >= 0.3 is 0 Å². The van der Waals surface area contributed by atoms with Crippen LogP contribution in [0.5, 0.6) is 0 Å². The summed E-state index contributed by atoms with van der Waals surface area (Å²) in [5.41, 5.74) is 0. The summed E-state index contributed by atoms with van der Waals surface area (Å²) in [5, 5.41) is 0. The maximum Gasteiger partial charge on any atom is 0 e. The summed E-state index contributed by atoms with van der Waals surface area (Å²) in [6, 6.07) is 0. The monoisotopic (exact) mass is 389 g/mol. The van der Waals surface area contributed by atoms with Crippen LogP contribution in [0.4, 0.5) is 0 Å². The van der Waals surface area contributed by atoms with Gasteiger partial charge in [0.25, 0.3) is 0 Å². The molecule has 1 unspecified atom stereocenters. The van der Waals surface area contributed by atoms with Crippen molar-refractivity contribution in [2.24, 2.45) is 0 Å². The zero-order valence-electron chi connectivity index (χ0n) is 13.4. The Morgan fingerprint density at radius 2 is 0.550 bits per heavy atom. The first kappa shape index (κ1) is 23.4. The van der Waals surface area contributed by atoms with E-state index < -0.39 is 0 Å². The van der Waals surface area contributed by atoms with E-state index in [4.69, 9.17) is 0 Å². The predicted molar refractivity (Wildman–Crippen MR) is 93.3 cm³/mol. The second-order valence-corrected chi connectivity index (χ2v) is 5.78. The van der Waals surface area contributed by atoms with E-state index in [-0.39, 0.29) is 30.3 Å². The Labute approximate surface area is 145 Å². The van der Waals surface area contributed by atoms with Crippen LogP contribution in [0.2, 0.25) is 0 Å². The molecule has 0 aromatic carbocycles. The Hall–Kier alpha value is 1.09. The van der Waals surface area contributed by atoms with Gasteiger partial charge in [-0.15, -0.1) is 0 Å². The van der Waals surface area contributed by atoms with Crippen LogP contribution in [-0.2, 0) is 20.4 Å². The third-order valence-corrected chi connectivity index (χ3v) is 3.95. The molecule has 0 spiro atoms. The molecule has 3 fully saturated rings. The zero-order chi connectivity index (χ0) is 12.7. The minimum atomic E-state index is 0. The predicted octanol–water partition coefficient (Wildman–Crippen LogP) is 6.52. The minimum absolute atomic E-state index is 0. The van der Waals surface area contributed by atoms with Crippen LogP contribution in [0.25, 0.3) is 0 Å². The quantitative estimate of drug-likeness (QED) is 0.251. The van der Waals surface area contributed by atoms with E-state index in [9.17, 15) is 0 Å². The molecule has 0 aromatic heterocycles. The van der Waals surface area contributed by atoms with Crippen LogP contribution in [0.1, 0.15) is 96.3 Å². The van der Waals surface area contributed by atoms with E-state index in [1.807, 2.05) is 0 Å². The smallest absolute Gasteiger partial charge is 0 e. The van der Waals surface area contributed by atoms with Crippen molar-refractivity contribution >= 4 is 9.90 Å². The number of hydrogen-bond acceptors (Lipinski definition) is 0. The van der Waals surface area contributed by atoms with Crippen molar-refractivity contribution in [3.63, 3.8) is 0 Å². The van der Waals surface area contributed by atoms with Gasteiger partial charge in [0.1, 0.15) is 0 Å². The Kier molecular flexibility index (Phi) is 23.5. The fourth-order valence-electron chi connectivity index (χ4n) is 2.70. The molecule has 0 radical (unpaired) electrons. The van der Waals surface area contributed by atoms with Crippen molar-refractivity contribution < 1.29 is 20.4 Å². The molecule has 0 saturated heterocycles. The Bertz CT molecular complexity index is 86.4. The number of hydrogen-bond donors (Lipinski definition) is 0. The maximum atomic E-state index is 2.39.